The quantitative estimate of drug-likeness (QED) is 0.192. The first-order valence-electron chi connectivity index (χ1n) is 7.11. The Morgan fingerprint density at radius 1 is 1.05 bits per heavy atom. The van der Waals surface area contributed by atoms with Gasteiger partial charge in [0.25, 0.3) is 0 Å². The van der Waals surface area contributed by atoms with Crippen LogP contribution in [0.3, 0.4) is 0 Å². The van der Waals surface area contributed by atoms with Gasteiger partial charge in [0, 0.05) is 13.2 Å². The highest BCUT2D eigenvalue weighted by Crippen LogP contribution is 1.97. The second-order valence-electron chi connectivity index (χ2n) is 4.79. The molecule has 22 heavy (non-hydrogen) atoms. The summed E-state index contributed by atoms with van der Waals surface area (Å²) in [7, 11) is 0. The Kier molecular flexibility index (Phi) is 12.7. The molecular formula is C14H26O8. The second-order valence-corrected chi connectivity index (χ2v) is 4.79. The largest absolute Gasteiger partial charge is 0.498 e. The number of carboxylic acids is 1. The highest BCUT2D eigenvalue weighted by atomic mass is 16.5. The van der Waals surface area contributed by atoms with Crippen LogP contribution in [0.15, 0.2) is 11.8 Å². The monoisotopic (exact) mass is 322 g/mol. The molecule has 0 heterocycles. The van der Waals surface area contributed by atoms with Crippen molar-refractivity contribution in [3.63, 3.8) is 0 Å². The minimum absolute atomic E-state index is 0.0349. The van der Waals surface area contributed by atoms with Gasteiger partial charge in [0.15, 0.2) is 0 Å². The van der Waals surface area contributed by atoms with Gasteiger partial charge in [0.05, 0.1) is 31.7 Å². The Balaban J connectivity index is 3.40. The topological polar surface area (TPSA) is 126 Å². The molecule has 2 unspecified atom stereocenters. The van der Waals surface area contributed by atoms with Gasteiger partial charge in [-0.25, -0.2) is 4.79 Å². The highest BCUT2D eigenvalue weighted by Gasteiger charge is 2.05. The van der Waals surface area contributed by atoms with Crippen molar-refractivity contribution in [2.75, 3.05) is 39.6 Å². The zero-order valence-corrected chi connectivity index (χ0v) is 12.8. The molecule has 0 fully saturated rings. The molecule has 2 atom stereocenters. The van der Waals surface area contributed by atoms with Crippen LogP contribution in [0.4, 0.5) is 0 Å². The lowest BCUT2D eigenvalue weighted by atomic mass is 10.3. The molecule has 0 saturated carbocycles. The average Bonchev–Trinajstić information content (AvgIpc) is 2.49. The lowest BCUT2D eigenvalue weighted by molar-refractivity contribution is -0.132. The van der Waals surface area contributed by atoms with E-state index < -0.39 is 18.2 Å². The number of rotatable bonds is 14. The molecule has 0 saturated heterocycles. The predicted octanol–water partition coefficient (Wildman–Crippen LogP) is -0.481. The number of unbranched alkanes of at least 4 members (excludes halogenated alkanes) is 1. The minimum atomic E-state index is -1.07. The lowest BCUT2D eigenvalue weighted by Gasteiger charge is -2.11. The number of hydrogen-bond acceptors (Lipinski definition) is 7. The first-order chi connectivity index (χ1) is 10.5. The van der Waals surface area contributed by atoms with Crippen LogP contribution in [-0.4, -0.2) is 78.2 Å². The zero-order chi connectivity index (χ0) is 16.8. The molecule has 4 N–H and O–H groups in total. The molecule has 130 valence electrons. The first kappa shape index (κ1) is 20.8. The van der Waals surface area contributed by atoms with Crippen molar-refractivity contribution in [1.29, 1.82) is 0 Å². The number of aliphatic hydroxyl groups excluding tert-OH is 3. The third kappa shape index (κ3) is 12.5. The van der Waals surface area contributed by atoms with Crippen molar-refractivity contribution in [3.8, 4) is 0 Å². The van der Waals surface area contributed by atoms with Crippen LogP contribution < -0.4 is 0 Å². The minimum Gasteiger partial charge on any atom is -0.498 e. The normalized spacial score (nSPS) is 14.6. The molecule has 0 amide bonds. The maximum Gasteiger partial charge on any atom is 0.334 e. The molecule has 0 aliphatic heterocycles. The van der Waals surface area contributed by atoms with Crippen molar-refractivity contribution in [2.24, 2.45) is 0 Å². The summed E-state index contributed by atoms with van der Waals surface area (Å²) >= 11 is 0. The van der Waals surface area contributed by atoms with Crippen LogP contribution in [0.2, 0.25) is 0 Å². The van der Waals surface area contributed by atoms with Gasteiger partial charge in [-0.3, -0.25) is 0 Å². The SMILES string of the molecule is CC(=COCC(O)COCCCCOCC(O)CO)C(=O)O. The molecule has 0 radical (unpaired) electrons. The number of aliphatic hydroxyl groups is 3. The third-order valence-electron chi connectivity index (χ3n) is 2.54. The maximum atomic E-state index is 10.5. The molecule has 0 aromatic rings. The third-order valence-corrected chi connectivity index (χ3v) is 2.54. The van der Waals surface area contributed by atoms with Crippen LogP contribution in [-0.2, 0) is 19.0 Å². The van der Waals surface area contributed by atoms with Gasteiger partial charge < -0.3 is 34.6 Å². The molecule has 8 heteroatoms. The van der Waals surface area contributed by atoms with Crippen LogP contribution >= 0.6 is 0 Å². The number of ether oxygens (including phenoxy) is 3. The Morgan fingerprint density at radius 2 is 1.59 bits per heavy atom. The van der Waals surface area contributed by atoms with Gasteiger partial charge >= 0.3 is 5.97 Å². The summed E-state index contributed by atoms with van der Waals surface area (Å²) in [6.45, 7) is 2.17. The van der Waals surface area contributed by atoms with E-state index in [1.165, 1.54) is 6.92 Å². The summed E-state index contributed by atoms with van der Waals surface area (Å²) in [6, 6.07) is 0. The molecule has 0 aliphatic carbocycles. The number of carbonyl (C=O) groups is 1. The predicted molar refractivity (Wildman–Crippen MR) is 77.3 cm³/mol. The van der Waals surface area contributed by atoms with E-state index in [0.717, 1.165) is 19.1 Å². The molecule has 8 nitrogen and oxygen atoms in total. The summed E-state index contributed by atoms with van der Waals surface area (Å²) in [4.78, 5) is 10.5. The number of hydrogen-bond donors (Lipinski definition) is 4. The molecule has 0 aromatic heterocycles. The van der Waals surface area contributed by atoms with Crippen LogP contribution in [0.1, 0.15) is 19.8 Å². The summed E-state index contributed by atoms with van der Waals surface area (Å²) in [5, 5.41) is 35.7. The molecule has 0 spiro atoms. The summed E-state index contributed by atoms with van der Waals surface area (Å²) in [5.41, 5.74) is 0.0550. The molecule has 0 rings (SSSR count). The van der Waals surface area contributed by atoms with Gasteiger partial charge in [-0.1, -0.05) is 0 Å². The van der Waals surface area contributed by atoms with E-state index in [1.807, 2.05) is 0 Å². The van der Waals surface area contributed by atoms with Crippen molar-refractivity contribution >= 4 is 5.97 Å². The van der Waals surface area contributed by atoms with Crippen molar-refractivity contribution < 1.29 is 39.4 Å². The fraction of sp³-hybridized carbons (Fsp3) is 0.786. The van der Waals surface area contributed by atoms with E-state index in [4.69, 9.17) is 29.5 Å². The van der Waals surface area contributed by atoms with Gasteiger partial charge in [-0.15, -0.1) is 0 Å². The number of aliphatic carboxylic acids is 1. The van der Waals surface area contributed by atoms with E-state index >= 15 is 0 Å². The van der Waals surface area contributed by atoms with Crippen LogP contribution in [0.25, 0.3) is 0 Å². The standard InChI is InChI=1S/C14H26O8/c1-11(14(18)19)7-22-10-13(17)9-21-5-3-2-4-20-8-12(16)6-15/h7,12-13,15-17H,2-6,8-10H2,1H3,(H,18,19). The smallest absolute Gasteiger partial charge is 0.334 e. The van der Waals surface area contributed by atoms with Crippen molar-refractivity contribution in [1.82, 2.24) is 0 Å². The fourth-order valence-electron chi connectivity index (χ4n) is 1.28. The van der Waals surface area contributed by atoms with Gasteiger partial charge in [0.2, 0.25) is 0 Å². The van der Waals surface area contributed by atoms with Crippen LogP contribution in [0, 0.1) is 0 Å². The Morgan fingerprint density at radius 3 is 2.09 bits per heavy atom. The van der Waals surface area contributed by atoms with Gasteiger partial charge in [-0.05, 0) is 19.8 Å². The van der Waals surface area contributed by atoms with E-state index in [1.54, 1.807) is 0 Å². The average molecular weight is 322 g/mol. The summed E-state index contributed by atoms with van der Waals surface area (Å²) in [5.74, 6) is -1.07. The molecule has 0 aliphatic rings. The molecular weight excluding hydrogens is 296 g/mol. The zero-order valence-electron chi connectivity index (χ0n) is 12.8. The van der Waals surface area contributed by atoms with Gasteiger partial charge in [-0.2, -0.15) is 0 Å². The molecule has 0 aromatic carbocycles. The Bertz CT molecular complexity index is 318. The maximum absolute atomic E-state index is 10.5. The van der Waals surface area contributed by atoms with Crippen molar-refractivity contribution in [3.05, 3.63) is 11.8 Å². The van der Waals surface area contributed by atoms with E-state index in [9.17, 15) is 9.90 Å². The summed E-state index contributed by atoms with van der Waals surface area (Å²) in [6.07, 6.45) is 0.898. The van der Waals surface area contributed by atoms with Crippen LogP contribution in [0.5, 0.6) is 0 Å². The number of carboxylic acid groups (broad SMARTS) is 1. The Labute approximate surface area is 129 Å². The lowest BCUT2D eigenvalue weighted by Crippen LogP contribution is -2.21. The van der Waals surface area contributed by atoms with Crippen molar-refractivity contribution in [2.45, 2.75) is 32.0 Å². The van der Waals surface area contributed by atoms with Gasteiger partial charge in [0.1, 0.15) is 18.8 Å². The highest BCUT2D eigenvalue weighted by molar-refractivity contribution is 5.85. The van der Waals surface area contributed by atoms with E-state index in [0.29, 0.717) is 13.2 Å². The van der Waals surface area contributed by atoms with E-state index in [-0.39, 0.29) is 32.0 Å². The van der Waals surface area contributed by atoms with E-state index in [2.05, 4.69) is 0 Å². The molecule has 0 bridgehead atoms. The second kappa shape index (κ2) is 13.5. The summed E-state index contributed by atoms with van der Waals surface area (Å²) < 4.78 is 15.3. The Hall–Kier alpha value is -1.19. The fourth-order valence-corrected chi connectivity index (χ4v) is 1.28. The first-order valence-corrected chi connectivity index (χ1v) is 7.11.